The van der Waals surface area contributed by atoms with Gasteiger partial charge in [0, 0.05) is 6.42 Å². The first kappa shape index (κ1) is 14.1. The molecule has 1 aromatic carbocycles. The van der Waals surface area contributed by atoms with Gasteiger partial charge in [-0.3, -0.25) is 4.90 Å². The number of rotatable bonds is 3. The van der Waals surface area contributed by atoms with Gasteiger partial charge >= 0.3 is 12.1 Å². The third-order valence-electron chi connectivity index (χ3n) is 3.47. The summed E-state index contributed by atoms with van der Waals surface area (Å²) in [6, 6.07) is 4.88. The average Bonchev–Trinajstić information content (AvgIpc) is 2.43. The number of aliphatic carboxylic acids is 1. The molecule has 0 fully saturated rings. The molecule has 0 bridgehead atoms. The number of hydrogen-bond acceptors (Lipinski definition) is 3. The van der Waals surface area contributed by atoms with Crippen molar-refractivity contribution in [3.8, 4) is 0 Å². The number of benzene rings is 1. The lowest BCUT2D eigenvalue weighted by Crippen LogP contribution is -2.49. The Hall–Kier alpha value is -2.30. The monoisotopic (exact) mass is 275 g/mol. The number of amides is 1. The smallest absolute Gasteiger partial charge is 0.411 e. The number of hydrogen-bond donors (Lipinski definition) is 1. The summed E-state index contributed by atoms with van der Waals surface area (Å²) in [6.07, 6.45) is 1.14. The molecule has 20 heavy (non-hydrogen) atoms. The number of aryl methyl sites for hydroxylation is 1. The summed E-state index contributed by atoms with van der Waals surface area (Å²) in [7, 11) is 0. The predicted molar refractivity (Wildman–Crippen MR) is 73.4 cm³/mol. The highest BCUT2D eigenvalue weighted by Crippen LogP contribution is 2.26. The first-order chi connectivity index (χ1) is 9.54. The molecule has 1 aliphatic rings. The van der Waals surface area contributed by atoms with Crippen molar-refractivity contribution in [1.82, 2.24) is 4.90 Å². The lowest BCUT2D eigenvalue weighted by atomic mass is 9.91. The maximum absolute atomic E-state index is 12.0. The quantitative estimate of drug-likeness (QED) is 0.858. The predicted octanol–water partition coefficient (Wildman–Crippen LogP) is 2.13. The third-order valence-corrected chi connectivity index (χ3v) is 3.47. The molecule has 106 valence electrons. The highest BCUT2D eigenvalue weighted by molar-refractivity contribution is 5.81. The van der Waals surface area contributed by atoms with E-state index in [4.69, 9.17) is 4.74 Å². The minimum Gasteiger partial charge on any atom is -0.480 e. The highest BCUT2D eigenvalue weighted by atomic mass is 16.6. The van der Waals surface area contributed by atoms with Gasteiger partial charge in [-0.2, -0.15) is 0 Å². The molecular weight excluding hydrogens is 258 g/mol. The van der Waals surface area contributed by atoms with Gasteiger partial charge in [-0.15, -0.1) is 0 Å². The van der Waals surface area contributed by atoms with E-state index in [-0.39, 0.29) is 13.2 Å². The molecule has 1 heterocycles. The maximum atomic E-state index is 12.0. The molecule has 0 saturated heterocycles. The zero-order valence-electron chi connectivity index (χ0n) is 11.3. The Bertz CT molecular complexity index is 553. The third kappa shape index (κ3) is 2.66. The van der Waals surface area contributed by atoms with E-state index in [0.29, 0.717) is 6.42 Å². The first-order valence-electron chi connectivity index (χ1n) is 6.39. The number of carbonyl (C=O) groups excluding carboxylic acids is 1. The van der Waals surface area contributed by atoms with Gasteiger partial charge in [-0.1, -0.05) is 30.9 Å². The molecule has 5 heteroatoms. The molecule has 1 atom stereocenters. The van der Waals surface area contributed by atoms with Crippen LogP contribution in [0, 0.1) is 6.92 Å². The van der Waals surface area contributed by atoms with Crippen LogP contribution < -0.4 is 0 Å². The molecule has 0 unspecified atom stereocenters. The summed E-state index contributed by atoms with van der Waals surface area (Å²) in [5, 5.41) is 9.33. The number of nitrogens with zero attached hydrogens (tertiary/aromatic N) is 1. The Labute approximate surface area is 117 Å². The normalized spacial score (nSPS) is 17.2. The van der Waals surface area contributed by atoms with E-state index >= 15 is 0 Å². The van der Waals surface area contributed by atoms with Gasteiger partial charge < -0.3 is 9.84 Å². The summed E-state index contributed by atoms with van der Waals surface area (Å²) in [4.78, 5) is 24.6. The van der Waals surface area contributed by atoms with Crippen LogP contribution in [-0.4, -0.2) is 34.7 Å². The summed E-state index contributed by atoms with van der Waals surface area (Å²) in [5.41, 5.74) is 3.03. The summed E-state index contributed by atoms with van der Waals surface area (Å²) >= 11 is 0. The number of carboxylic acid groups (broad SMARTS) is 1. The van der Waals surface area contributed by atoms with E-state index in [1.54, 1.807) is 0 Å². The Kier molecular flexibility index (Phi) is 4.08. The van der Waals surface area contributed by atoms with Crippen LogP contribution in [0.2, 0.25) is 0 Å². The Morgan fingerprint density at radius 1 is 1.55 bits per heavy atom. The van der Waals surface area contributed by atoms with Crippen molar-refractivity contribution >= 4 is 12.1 Å². The van der Waals surface area contributed by atoms with Crippen molar-refractivity contribution in [3.63, 3.8) is 0 Å². The van der Waals surface area contributed by atoms with Gasteiger partial charge in [0.25, 0.3) is 0 Å². The number of fused-ring (bicyclic) bond motifs is 1. The summed E-state index contributed by atoms with van der Waals surface area (Å²) in [5.74, 6) is -1.02. The largest absolute Gasteiger partial charge is 0.480 e. The zero-order chi connectivity index (χ0) is 14.7. The number of ether oxygens (including phenoxy) is 1. The fourth-order valence-corrected chi connectivity index (χ4v) is 2.43. The van der Waals surface area contributed by atoms with Crippen LogP contribution in [0.4, 0.5) is 4.79 Å². The molecule has 0 radical (unpaired) electrons. The van der Waals surface area contributed by atoms with Crippen molar-refractivity contribution in [2.24, 2.45) is 0 Å². The van der Waals surface area contributed by atoms with Crippen LogP contribution in [0.3, 0.4) is 0 Å². The van der Waals surface area contributed by atoms with Crippen molar-refractivity contribution in [1.29, 1.82) is 0 Å². The van der Waals surface area contributed by atoms with Crippen LogP contribution in [0.25, 0.3) is 0 Å². The Morgan fingerprint density at radius 2 is 2.30 bits per heavy atom. The lowest BCUT2D eigenvalue weighted by Gasteiger charge is -2.34. The fraction of sp³-hybridized carbons (Fsp3) is 0.333. The molecule has 0 aliphatic carbocycles. The molecule has 0 spiro atoms. The molecule has 1 N–H and O–H groups in total. The van der Waals surface area contributed by atoms with Crippen LogP contribution in [0.5, 0.6) is 0 Å². The van der Waals surface area contributed by atoms with E-state index in [1.165, 1.54) is 11.0 Å². The highest BCUT2D eigenvalue weighted by Gasteiger charge is 2.35. The van der Waals surface area contributed by atoms with Gasteiger partial charge in [-0.05, 0) is 23.6 Å². The van der Waals surface area contributed by atoms with E-state index < -0.39 is 18.1 Å². The van der Waals surface area contributed by atoms with E-state index in [1.807, 2.05) is 25.1 Å². The minimum absolute atomic E-state index is 0.0718. The molecule has 2 rings (SSSR count). The van der Waals surface area contributed by atoms with Crippen LogP contribution in [-0.2, 0) is 22.5 Å². The molecule has 0 saturated carbocycles. The molecule has 1 aliphatic heterocycles. The maximum Gasteiger partial charge on any atom is 0.411 e. The average molecular weight is 275 g/mol. The van der Waals surface area contributed by atoms with Gasteiger partial charge in [0.2, 0.25) is 0 Å². The minimum atomic E-state index is -1.02. The zero-order valence-corrected chi connectivity index (χ0v) is 11.3. The molecule has 1 aromatic rings. The van der Waals surface area contributed by atoms with Crippen molar-refractivity contribution in [2.75, 3.05) is 6.61 Å². The second-order valence-electron chi connectivity index (χ2n) is 4.76. The second-order valence-corrected chi connectivity index (χ2v) is 4.76. The van der Waals surface area contributed by atoms with Crippen molar-refractivity contribution in [2.45, 2.75) is 25.9 Å². The molecular formula is C15H17NO4. The standard InChI is InChI=1S/C15H17NO4/c1-3-7-20-15(19)16-9-11-6-4-5-10(2)12(11)8-13(16)14(17)18/h3-6,13H,1,7-9H2,2H3,(H,17,18)/t13-/m1/s1. The van der Waals surface area contributed by atoms with Crippen molar-refractivity contribution in [3.05, 3.63) is 47.5 Å². The van der Waals surface area contributed by atoms with E-state index in [9.17, 15) is 14.7 Å². The van der Waals surface area contributed by atoms with Gasteiger partial charge in [0.05, 0.1) is 6.54 Å². The van der Waals surface area contributed by atoms with Gasteiger partial charge in [0.15, 0.2) is 0 Å². The van der Waals surface area contributed by atoms with Crippen LogP contribution >= 0.6 is 0 Å². The van der Waals surface area contributed by atoms with Crippen LogP contribution in [0.15, 0.2) is 30.9 Å². The lowest BCUT2D eigenvalue weighted by molar-refractivity contribution is -0.143. The fourth-order valence-electron chi connectivity index (χ4n) is 2.43. The molecule has 1 amide bonds. The number of carboxylic acids is 1. The molecule has 0 aromatic heterocycles. The first-order valence-corrected chi connectivity index (χ1v) is 6.39. The van der Waals surface area contributed by atoms with E-state index in [2.05, 4.69) is 6.58 Å². The SMILES string of the molecule is C=CCOC(=O)N1Cc2cccc(C)c2C[C@@H]1C(=O)O. The summed E-state index contributed by atoms with van der Waals surface area (Å²) < 4.78 is 4.96. The van der Waals surface area contributed by atoms with E-state index in [0.717, 1.165) is 16.7 Å². The number of carbonyl (C=O) groups is 2. The molecule has 5 nitrogen and oxygen atoms in total. The van der Waals surface area contributed by atoms with Gasteiger partial charge in [-0.25, -0.2) is 9.59 Å². The topological polar surface area (TPSA) is 66.8 Å². The van der Waals surface area contributed by atoms with Gasteiger partial charge in [0.1, 0.15) is 12.6 Å². The van der Waals surface area contributed by atoms with Crippen LogP contribution in [0.1, 0.15) is 16.7 Å². The Morgan fingerprint density at radius 3 is 2.95 bits per heavy atom. The second kappa shape index (κ2) is 5.77. The Balaban J connectivity index is 2.30. The summed E-state index contributed by atoms with van der Waals surface area (Å²) in [6.45, 7) is 5.74. The van der Waals surface area contributed by atoms with Crippen molar-refractivity contribution < 1.29 is 19.4 Å².